The van der Waals surface area contributed by atoms with E-state index in [1.807, 2.05) is 30.9 Å². The highest BCUT2D eigenvalue weighted by Gasteiger charge is 2.14. The number of nitrogens with one attached hydrogen (secondary N) is 1. The lowest BCUT2D eigenvalue weighted by molar-refractivity contribution is 0.937. The molecule has 3 aromatic rings. The first kappa shape index (κ1) is 17.6. The molecular weight excluding hydrogens is 358 g/mol. The predicted molar refractivity (Wildman–Crippen MR) is 121 cm³/mol. The number of rotatable bonds is 5. The summed E-state index contributed by atoms with van der Waals surface area (Å²) in [4.78, 5) is 15.6. The van der Waals surface area contributed by atoms with Gasteiger partial charge in [0, 0.05) is 61.0 Å². The number of pyridine rings is 2. The second kappa shape index (κ2) is 7.51. The Kier molecular flexibility index (Phi) is 4.56. The highest BCUT2D eigenvalue weighted by atomic mass is 15.2. The predicted octanol–water partition coefficient (Wildman–Crippen LogP) is 5.13. The lowest BCUT2D eigenvalue weighted by atomic mass is 10.0. The Morgan fingerprint density at radius 2 is 1.90 bits per heavy atom. The molecule has 29 heavy (non-hydrogen) atoms. The number of nitrogens with zero attached hydrogens (tertiary/aromatic N) is 4. The fraction of sp³-hybridized carbons (Fsp3) is 0.208. The third kappa shape index (κ3) is 3.63. The molecule has 144 valence electrons. The van der Waals surface area contributed by atoms with E-state index < -0.39 is 0 Å². The van der Waals surface area contributed by atoms with Crippen LogP contribution in [0.2, 0.25) is 0 Å². The monoisotopic (exact) mass is 381 g/mol. The lowest BCUT2D eigenvalue weighted by Crippen LogP contribution is -2.19. The SMILES string of the molecule is C=C(Nc1cc2cc(C3=CN=CC3)ccc2cn1)c1ccnc(N2CCCC2)c1. The second-order valence-electron chi connectivity index (χ2n) is 7.52. The number of hydrogen-bond donors (Lipinski definition) is 1. The maximum atomic E-state index is 4.56. The smallest absolute Gasteiger partial charge is 0.130 e. The second-order valence-corrected chi connectivity index (χ2v) is 7.52. The van der Waals surface area contributed by atoms with E-state index in [0.29, 0.717) is 0 Å². The number of fused-ring (bicyclic) bond motifs is 1. The molecule has 5 heteroatoms. The minimum Gasteiger partial charge on any atom is -0.357 e. The minimum absolute atomic E-state index is 0.788. The van der Waals surface area contributed by atoms with Crippen molar-refractivity contribution in [3.63, 3.8) is 0 Å². The van der Waals surface area contributed by atoms with Crippen LogP contribution in [0.3, 0.4) is 0 Å². The van der Waals surface area contributed by atoms with Crippen LogP contribution >= 0.6 is 0 Å². The molecule has 5 nitrogen and oxygen atoms in total. The van der Waals surface area contributed by atoms with Gasteiger partial charge in [0.2, 0.25) is 0 Å². The fourth-order valence-corrected chi connectivity index (χ4v) is 3.90. The number of benzene rings is 1. The largest absolute Gasteiger partial charge is 0.357 e. The molecule has 0 radical (unpaired) electrons. The van der Waals surface area contributed by atoms with Gasteiger partial charge in [0.05, 0.1) is 0 Å². The molecule has 0 unspecified atom stereocenters. The highest BCUT2D eigenvalue weighted by molar-refractivity contribution is 5.91. The molecule has 1 saturated heterocycles. The van der Waals surface area contributed by atoms with E-state index >= 15 is 0 Å². The Balaban J connectivity index is 1.38. The zero-order chi connectivity index (χ0) is 19.6. The Bertz CT molecular complexity index is 1140. The Hall–Kier alpha value is -3.47. The number of allylic oxidation sites excluding steroid dienone is 1. The van der Waals surface area contributed by atoms with Gasteiger partial charge in [-0.25, -0.2) is 9.97 Å². The van der Waals surface area contributed by atoms with E-state index in [1.54, 1.807) is 0 Å². The standard InChI is InChI=1S/C24H23N5/c1-17(18-7-9-26-24(14-18)29-10-2-3-11-29)28-23-13-22-12-19(21-6-8-25-15-21)4-5-20(22)16-27-23/h4-5,7-9,12-16H,1-3,6,10-11H2,(H,27,28). The summed E-state index contributed by atoms with van der Waals surface area (Å²) in [6, 6.07) is 12.6. The van der Waals surface area contributed by atoms with Crippen molar-refractivity contribution in [2.75, 3.05) is 23.3 Å². The van der Waals surface area contributed by atoms with E-state index in [0.717, 1.165) is 53.2 Å². The van der Waals surface area contributed by atoms with Gasteiger partial charge < -0.3 is 10.2 Å². The van der Waals surface area contributed by atoms with E-state index in [-0.39, 0.29) is 0 Å². The van der Waals surface area contributed by atoms with Crippen LogP contribution in [-0.2, 0) is 0 Å². The van der Waals surface area contributed by atoms with Crippen LogP contribution in [0.15, 0.2) is 66.6 Å². The van der Waals surface area contributed by atoms with Gasteiger partial charge in [0.1, 0.15) is 11.6 Å². The third-order valence-corrected chi connectivity index (χ3v) is 5.54. The van der Waals surface area contributed by atoms with E-state index in [2.05, 4.69) is 62.1 Å². The molecule has 0 aliphatic carbocycles. The zero-order valence-corrected chi connectivity index (χ0v) is 16.3. The zero-order valence-electron chi connectivity index (χ0n) is 16.3. The van der Waals surface area contributed by atoms with Crippen LogP contribution in [-0.4, -0.2) is 29.3 Å². The summed E-state index contributed by atoms with van der Waals surface area (Å²) < 4.78 is 0. The van der Waals surface area contributed by atoms with E-state index in [1.165, 1.54) is 24.0 Å². The van der Waals surface area contributed by atoms with Crippen molar-refractivity contribution in [2.45, 2.75) is 19.3 Å². The van der Waals surface area contributed by atoms with Crippen LogP contribution < -0.4 is 10.2 Å². The normalized spacial score (nSPS) is 15.7. The summed E-state index contributed by atoms with van der Waals surface area (Å²) in [6.07, 6.45) is 11.0. The van der Waals surface area contributed by atoms with Gasteiger partial charge in [-0.3, -0.25) is 4.99 Å². The van der Waals surface area contributed by atoms with Crippen molar-refractivity contribution >= 4 is 39.9 Å². The molecule has 0 atom stereocenters. The quantitative estimate of drug-likeness (QED) is 0.666. The summed E-state index contributed by atoms with van der Waals surface area (Å²) in [6.45, 7) is 6.38. The molecule has 1 fully saturated rings. The summed E-state index contributed by atoms with van der Waals surface area (Å²) in [5, 5.41) is 5.63. The first-order valence-electron chi connectivity index (χ1n) is 10.0. The molecule has 0 spiro atoms. The first-order chi connectivity index (χ1) is 14.3. The van der Waals surface area contributed by atoms with Crippen molar-refractivity contribution in [3.8, 4) is 0 Å². The van der Waals surface area contributed by atoms with Gasteiger partial charge in [0.25, 0.3) is 0 Å². The van der Waals surface area contributed by atoms with Crippen LogP contribution in [0.5, 0.6) is 0 Å². The average molecular weight is 381 g/mol. The molecule has 4 heterocycles. The fourth-order valence-electron chi connectivity index (χ4n) is 3.90. The molecule has 0 amide bonds. The van der Waals surface area contributed by atoms with Gasteiger partial charge >= 0.3 is 0 Å². The minimum atomic E-state index is 0.788. The molecule has 1 aromatic carbocycles. The van der Waals surface area contributed by atoms with E-state index in [4.69, 9.17) is 0 Å². The van der Waals surface area contributed by atoms with Crippen LogP contribution in [0.1, 0.15) is 30.4 Å². The van der Waals surface area contributed by atoms with Crippen molar-refractivity contribution < 1.29 is 0 Å². The van der Waals surface area contributed by atoms with Gasteiger partial charge in [-0.15, -0.1) is 0 Å². The topological polar surface area (TPSA) is 53.4 Å². The lowest BCUT2D eigenvalue weighted by Gasteiger charge is -2.17. The molecular formula is C24H23N5. The maximum Gasteiger partial charge on any atom is 0.130 e. The summed E-state index contributed by atoms with van der Waals surface area (Å²) in [5.41, 5.74) is 4.30. The van der Waals surface area contributed by atoms with E-state index in [9.17, 15) is 0 Å². The molecule has 5 rings (SSSR count). The molecule has 0 bridgehead atoms. The Morgan fingerprint density at radius 3 is 2.72 bits per heavy atom. The summed E-state index contributed by atoms with van der Waals surface area (Å²) in [5.74, 6) is 1.81. The van der Waals surface area contributed by atoms with Crippen molar-refractivity contribution in [2.24, 2.45) is 4.99 Å². The number of hydrogen-bond acceptors (Lipinski definition) is 5. The highest BCUT2D eigenvalue weighted by Crippen LogP contribution is 2.27. The Morgan fingerprint density at radius 1 is 1.00 bits per heavy atom. The maximum absolute atomic E-state index is 4.56. The first-order valence-corrected chi connectivity index (χ1v) is 10.0. The van der Waals surface area contributed by atoms with Gasteiger partial charge in [-0.2, -0.15) is 0 Å². The number of aromatic nitrogens is 2. The third-order valence-electron chi connectivity index (χ3n) is 5.54. The number of aliphatic imine (C=N–C) groups is 1. The van der Waals surface area contributed by atoms with Gasteiger partial charge in [-0.1, -0.05) is 18.7 Å². The molecule has 2 aliphatic heterocycles. The molecule has 2 aliphatic rings. The average Bonchev–Trinajstić information content (AvgIpc) is 3.47. The summed E-state index contributed by atoms with van der Waals surface area (Å²) in [7, 11) is 0. The molecule has 2 aromatic heterocycles. The Labute approximate surface area is 170 Å². The van der Waals surface area contributed by atoms with Crippen molar-refractivity contribution in [3.05, 3.63) is 72.7 Å². The molecule has 0 saturated carbocycles. The van der Waals surface area contributed by atoms with Gasteiger partial charge in [-0.05, 0) is 53.6 Å². The van der Waals surface area contributed by atoms with Crippen LogP contribution in [0.4, 0.5) is 11.6 Å². The van der Waals surface area contributed by atoms with Gasteiger partial charge in [0.15, 0.2) is 0 Å². The summed E-state index contributed by atoms with van der Waals surface area (Å²) >= 11 is 0. The van der Waals surface area contributed by atoms with Crippen LogP contribution in [0.25, 0.3) is 22.0 Å². The van der Waals surface area contributed by atoms with Crippen LogP contribution in [0, 0.1) is 0 Å². The van der Waals surface area contributed by atoms with Crippen molar-refractivity contribution in [1.82, 2.24) is 9.97 Å². The van der Waals surface area contributed by atoms with Crippen molar-refractivity contribution in [1.29, 1.82) is 0 Å². The number of anilines is 2. The molecule has 1 N–H and O–H groups in total.